The number of nitrogens with zero attached hydrogens (tertiary/aromatic N) is 4. The summed E-state index contributed by atoms with van der Waals surface area (Å²) in [7, 11) is 3.50. The topological polar surface area (TPSA) is 69.1 Å². The molecule has 180 valence electrons. The zero-order chi connectivity index (χ0) is 23.2. The number of hydrogen-bond donors (Lipinski definition) is 0. The third kappa shape index (κ3) is 5.86. The lowest BCUT2D eigenvalue weighted by Gasteiger charge is -2.35. The summed E-state index contributed by atoms with van der Waals surface area (Å²) in [4.78, 5) is 17.6. The third-order valence-corrected chi connectivity index (χ3v) is 6.56. The molecule has 3 heterocycles. The van der Waals surface area contributed by atoms with Gasteiger partial charge in [0.15, 0.2) is 11.5 Å². The summed E-state index contributed by atoms with van der Waals surface area (Å²) in [6.07, 6.45) is 3.97. The van der Waals surface area contributed by atoms with Crippen LogP contribution in [0.1, 0.15) is 47.4 Å². The summed E-state index contributed by atoms with van der Waals surface area (Å²) in [6.45, 7) is 7.58. The van der Waals surface area contributed by atoms with E-state index in [0.29, 0.717) is 12.3 Å². The van der Waals surface area contributed by atoms with E-state index in [-0.39, 0.29) is 11.9 Å². The zero-order valence-corrected chi connectivity index (χ0v) is 20.1. The van der Waals surface area contributed by atoms with E-state index in [1.807, 2.05) is 31.0 Å². The van der Waals surface area contributed by atoms with Crippen LogP contribution in [0.4, 0.5) is 0 Å². The van der Waals surface area contributed by atoms with Crippen LogP contribution in [-0.4, -0.2) is 78.1 Å². The Balaban J connectivity index is 1.38. The minimum absolute atomic E-state index is 0.0629. The van der Waals surface area contributed by atoms with Gasteiger partial charge in [-0.3, -0.25) is 14.4 Å². The van der Waals surface area contributed by atoms with Crippen molar-refractivity contribution in [2.45, 2.75) is 45.2 Å². The van der Waals surface area contributed by atoms with Gasteiger partial charge in [0.2, 0.25) is 0 Å². The predicted molar refractivity (Wildman–Crippen MR) is 126 cm³/mol. The molecule has 2 saturated heterocycles. The van der Waals surface area contributed by atoms with Gasteiger partial charge in [0.25, 0.3) is 5.91 Å². The van der Waals surface area contributed by atoms with E-state index in [2.05, 4.69) is 22.1 Å². The molecule has 4 rings (SSSR count). The van der Waals surface area contributed by atoms with Gasteiger partial charge in [-0.2, -0.15) is 5.10 Å². The van der Waals surface area contributed by atoms with E-state index in [9.17, 15) is 4.79 Å². The zero-order valence-electron chi connectivity index (χ0n) is 20.1. The Morgan fingerprint density at radius 1 is 1.15 bits per heavy atom. The second-order valence-electron chi connectivity index (χ2n) is 8.95. The largest absolute Gasteiger partial charge is 0.493 e. The average molecular weight is 457 g/mol. The van der Waals surface area contributed by atoms with E-state index >= 15 is 0 Å². The van der Waals surface area contributed by atoms with Gasteiger partial charge in [0, 0.05) is 45.7 Å². The maximum atomic E-state index is 13.2. The fraction of sp³-hybridized carbons (Fsp3) is 0.600. The van der Waals surface area contributed by atoms with Crippen LogP contribution in [0.3, 0.4) is 0 Å². The number of hydrogen-bond acceptors (Lipinski definition) is 6. The van der Waals surface area contributed by atoms with Gasteiger partial charge in [0.1, 0.15) is 5.69 Å². The average Bonchev–Trinajstić information content (AvgIpc) is 3.17. The van der Waals surface area contributed by atoms with Crippen molar-refractivity contribution >= 4 is 5.91 Å². The van der Waals surface area contributed by atoms with Crippen LogP contribution < -0.4 is 9.47 Å². The van der Waals surface area contributed by atoms with Crippen LogP contribution in [0.15, 0.2) is 24.3 Å². The SMILES string of the molecule is COc1ccc(CN2CCOCC2)cc1OCC[C@H]1CCCCN1C(=O)c1cc(C)nn1C. The molecule has 8 nitrogen and oxygen atoms in total. The lowest BCUT2D eigenvalue weighted by molar-refractivity contribution is 0.0341. The molecule has 2 aliphatic rings. The number of carbonyl (C=O) groups excluding carboxylic acids is 1. The molecule has 0 N–H and O–H groups in total. The van der Waals surface area contributed by atoms with Crippen LogP contribution in [0, 0.1) is 6.92 Å². The molecule has 0 bridgehead atoms. The number of ether oxygens (including phenoxy) is 3. The molecule has 1 aromatic carbocycles. The van der Waals surface area contributed by atoms with Crippen LogP contribution in [0.5, 0.6) is 11.5 Å². The number of rotatable bonds is 8. The van der Waals surface area contributed by atoms with Crippen LogP contribution in [-0.2, 0) is 18.3 Å². The number of likely N-dealkylation sites (tertiary alicyclic amines) is 1. The molecular weight excluding hydrogens is 420 g/mol. The lowest BCUT2D eigenvalue weighted by atomic mass is 9.99. The fourth-order valence-corrected chi connectivity index (χ4v) is 4.78. The van der Waals surface area contributed by atoms with Gasteiger partial charge in [-0.25, -0.2) is 0 Å². The number of amides is 1. The Morgan fingerprint density at radius 2 is 1.97 bits per heavy atom. The highest BCUT2D eigenvalue weighted by Gasteiger charge is 2.29. The van der Waals surface area contributed by atoms with E-state index in [1.54, 1.807) is 11.8 Å². The highest BCUT2D eigenvalue weighted by atomic mass is 16.5. The first-order chi connectivity index (χ1) is 16.0. The molecule has 0 radical (unpaired) electrons. The second kappa shape index (κ2) is 11.0. The Hall–Kier alpha value is -2.58. The Morgan fingerprint density at radius 3 is 2.70 bits per heavy atom. The molecular formula is C25H36N4O4. The summed E-state index contributed by atoms with van der Waals surface area (Å²) in [5.41, 5.74) is 2.72. The van der Waals surface area contributed by atoms with E-state index in [4.69, 9.17) is 14.2 Å². The number of benzene rings is 1. The first kappa shape index (κ1) is 23.6. The Kier molecular flexibility index (Phi) is 7.88. The first-order valence-electron chi connectivity index (χ1n) is 12.0. The van der Waals surface area contributed by atoms with Crippen LogP contribution in [0.25, 0.3) is 0 Å². The number of aryl methyl sites for hydroxylation is 2. The summed E-state index contributed by atoms with van der Waals surface area (Å²) in [6, 6.07) is 8.19. The minimum Gasteiger partial charge on any atom is -0.493 e. The standard InChI is InChI=1S/C25H36N4O4/c1-19-16-22(27(2)26-19)25(30)29-10-5-4-6-21(29)9-13-33-24-17-20(7-8-23(24)31-3)18-28-11-14-32-15-12-28/h7-8,16-17,21H,4-6,9-15,18H2,1-3H3/t21-/m1/s1. The van der Waals surface area contributed by atoms with Crippen molar-refractivity contribution in [3.8, 4) is 11.5 Å². The number of methoxy groups -OCH3 is 1. The van der Waals surface area contributed by atoms with Crippen LogP contribution >= 0.6 is 0 Å². The summed E-state index contributed by atoms with van der Waals surface area (Å²) >= 11 is 0. The maximum Gasteiger partial charge on any atom is 0.272 e. The molecule has 0 saturated carbocycles. The molecule has 1 aromatic heterocycles. The fourth-order valence-electron chi connectivity index (χ4n) is 4.78. The van der Waals surface area contributed by atoms with Crippen molar-refractivity contribution in [2.24, 2.45) is 7.05 Å². The maximum absolute atomic E-state index is 13.2. The third-order valence-electron chi connectivity index (χ3n) is 6.56. The molecule has 8 heteroatoms. The molecule has 2 aromatic rings. The van der Waals surface area contributed by atoms with Crippen molar-refractivity contribution in [1.29, 1.82) is 0 Å². The summed E-state index contributed by atoms with van der Waals surface area (Å²) in [5, 5.41) is 4.34. The molecule has 0 aliphatic carbocycles. The van der Waals surface area contributed by atoms with Gasteiger partial charge in [-0.15, -0.1) is 0 Å². The van der Waals surface area contributed by atoms with Gasteiger partial charge in [-0.1, -0.05) is 6.07 Å². The molecule has 0 unspecified atom stereocenters. The molecule has 2 fully saturated rings. The lowest BCUT2D eigenvalue weighted by Crippen LogP contribution is -2.45. The smallest absolute Gasteiger partial charge is 0.272 e. The molecule has 1 amide bonds. The van der Waals surface area contributed by atoms with Gasteiger partial charge >= 0.3 is 0 Å². The number of carbonyl (C=O) groups is 1. The van der Waals surface area contributed by atoms with E-state index in [1.165, 1.54) is 5.56 Å². The number of aromatic nitrogens is 2. The summed E-state index contributed by atoms with van der Waals surface area (Å²) in [5.74, 6) is 1.56. The molecule has 1 atom stereocenters. The van der Waals surface area contributed by atoms with Gasteiger partial charge in [0.05, 0.1) is 32.6 Å². The van der Waals surface area contributed by atoms with Crippen molar-refractivity contribution in [1.82, 2.24) is 19.6 Å². The number of morpholine rings is 1. The van der Waals surface area contributed by atoms with Gasteiger partial charge < -0.3 is 19.1 Å². The quantitative estimate of drug-likeness (QED) is 0.608. The molecule has 33 heavy (non-hydrogen) atoms. The van der Waals surface area contributed by atoms with E-state index < -0.39 is 0 Å². The van der Waals surface area contributed by atoms with Gasteiger partial charge in [-0.05, 0) is 49.9 Å². The van der Waals surface area contributed by atoms with E-state index in [0.717, 1.165) is 82.3 Å². The monoisotopic (exact) mass is 456 g/mol. The normalized spacial score (nSPS) is 19.5. The predicted octanol–water partition coefficient (Wildman–Crippen LogP) is 3.03. The molecule has 2 aliphatic heterocycles. The minimum atomic E-state index is 0.0629. The first-order valence-corrected chi connectivity index (χ1v) is 12.0. The number of piperidine rings is 1. The Labute approximate surface area is 196 Å². The summed E-state index contributed by atoms with van der Waals surface area (Å²) < 4.78 is 18.9. The Bertz CT molecular complexity index is 938. The van der Waals surface area contributed by atoms with Crippen molar-refractivity contribution in [2.75, 3.05) is 46.6 Å². The van der Waals surface area contributed by atoms with Crippen molar-refractivity contribution in [3.05, 3.63) is 41.2 Å². The van der Waals surface area contributed by atoms with Crippen molar-refractivity contribution < 1.29 is 19.0 Å². The van der Waals surface area contributed by atoms with Crippen molar-refractivity contribution in [3.63, 3.8) is 0 Å². The highest BCUT2D eigenvalue weighted by molar-refractivity contribution is 5.93. The molecule has 0 spiro atoms. The second-order valence-corrected chi connectivity index (χ2v) is 8.95. The highest BCUT2D eigenvalue weighted by Crippen LogP contribution is 2.30. The van der Waals surface area contributed by atoms with Crippen LogP contribution in [0.2, 0.25) is 0 Å².